The number of para-hydroxylation sites is 1. The van der Waals surface area contributed by atoms with Gasteiger partial charge in [0.2, 0.25) is 5.91 Å². The lowest BCUT2D eigenvalue weighted by atomic mass is 10.1. The fourth-order valence-corrected chi connectivity index (χ4v) is 5.07. The molecule has 5 rings (SSSR count). The summed E-state index contributed by atoms with van der Waals surface area (Å²) in [7, 11) is 1.91. The molecule has 0 spiro atoms. The lowest BCUT2D eigenvalue weighted by Crippen LogP contribution is -2.44. The molecule has 3 aromatic rings. The van der Waals surface area contributed by atoms with E-state index in [4.69, 9.17) is 0 Å². The molecule has 0 radical (unpaired) electrons. The first-order chi connectivity index (χ1) is 15.7. The second-order valence-corrected chi connectivity index (χ2v) is 8.97. The second-order valence-electron chi connectivity index (χ2n) is 8.97. The van der Waals surface area contributed by atoms with Crippen LogP contribution in [0.25, 0.3) is 10.9 Å². The van der Waals surface area contributed by atoms with E-state index < -0.39 is 0 Å². The van der Waals surface area contributed by atoms with Crippen LogP contribution in [0.4, 0.5) is 11.5 Å². The van der Waals surface area contributed by atoms with Crippen LogP contribution in [-0.2, 0) is 11.3 Å². The molecule has 0 unspecified atom stereocenters. The minimum atomic E-state index is -0.175. The highest BCUT2D eigenvalue weighted by molar-refractivity contribution is 5.93. The number of likely N-dealkylation sites (N-methyl/N-ethyl adjacent to an activating group) is 1. The van der Waals surface area contributed by atoms with Gasteiger partial charge in [0.05, 0.1) is 5.52 Å². The molecule has 0 N–H and O–H groups in total. The molecule has 2 aromatic carbocycles. The number of anilines is 2. The molecule has 1 amide bonds. The maximum absolute atomic E-state index is 13.4. The molecular weight excluding hydrogens is 398 g/mol. The number of hydrogen-bond donors (Lipinski definition) is 0. The number of piperidine rings is 1. The van der Waals surface area contributed by atoms with Crippen molar-refractivity contribution in [2.24, 2.45) is 0 Å². The van der Waals surface area contributed by atoms with Crippen molar-refractivity contribution in [3.8, 4) is 0 Å². The van der Waals surface area contributed by atoms with Gasteiger partial charge in [-0.15, -0.1) is 0 Å². The van der Waals surface area contributed by atoms with Crippen molar-refractivity contribution >= 4 is 28.3 Å². The predicted molar refractivity (Wildman–Crippen MR) is 129 cm³/mol. The molecule has 0 bridgehead atoms. The maximum Gasteiger partial charge on any atom is 0.245 e. The summed E-state index contributed by atoms with van der Waals surface area (Å²) in [4.78, 5) is 28.8. The van der Waals surface area contributed by atoms with Crippen LogP contribution in [0.15, 0.2) is 54.9 Å². The third kappa shape index (κ3) is 4.14. The summed E-state index contributed by atoms with van der Waals surface area (Å²) in [5.41, 5.74) is 3.37. The van der Waals surface area contributed by atoms with Gasteiger partial charge < -0.3 is 14.7 Å². The quantitative estimate of drug-likeness (QED) is 0.607. The van der Waals surface area contributed by atoms with Crippen LogP contribution >= 0.6 is 0 Å². The summed E-state index contributed by atoms with van der Waals surface area (Å²) in [5.74, 6) is 1.02. The Hall–Kier alpha value is -3.15. The third-order valence-corrected chi connectivity index (χ3v) is 6.79. The largest absolute Gasteiger partial charge is 0.372 e. The van der Waals surface area contributed by atoms with Gasteiger partial charge >= 0.3 is 0 Å². The van der Waals surface area contributed by atoms with Gasteiger partial charge in [-0.2, -0.15) is 0 Å². The van der Waals surface area contributed by atoms with E-state index in [0.29, 0.717) is 6.54 Å². The number of carbonyl (C=O) groups excluding carboxylic acids is 1. The molecule has 1 aromatic heterocycles. The van der Waals surface area contributed by atoms with Crippen molar-refractivity contribution in [2.45, 2.75) is 44.7 Å². The van der Waals surface area contributed by atoms with Crippen LogP contribution in [0.5, 0.6) is 0 Å². The first kappa shape index (κ1) is 20.7. The number of benzene rings is 2. The van der Waals surface area contributed by atoms with E-state index >= 15 is 0 Å². The fraction of sp³-hybridized carbons (Fsp3) is 0.423. The number of hydrogen-bond acceptors (Lipinski definition) is 5. The highest BCUT2D eigenvalue weighted by Gasteiger charge is 2.34. The Labute approximate surface area is 189 Å². The molecule has 2 fully saturated rings. The molecule has 6 nitrogen and oxygen atoms in total. The first-order valence-electron chi connectivity index (χ1n) is 11.8. The van der Waals surface area contributed by atoms with Crippen molar-refractivity contribution < 1.29 is 4.79 Å². The molecule has 1 atom stereocenters. The van der Waals surface area contributed by atoms with Crippen molar-refractivity contribution in [1.82, 2.24) is 14.9 Å². The number of nitrogens with zero attached hydrogens (tertiary/aromatic N) is 5. The van der Waals surface area contributed by atoms with E-state index in [1.807, 2.05) is 36.2 Å². The zero-order valence-corrected chi connectivity index (χ0v) is 18.8. The van der Waals surface area contributed by atoms with Gasteiger partial charge in [0.15, 0.2) is 0 Å². The Morgan fingerprint density at radius 1 is 0.969 bits per heavy atom. The van der Waals surface area contributed by atoms with Crippen LogP contribution in [0.3, 0.4) is 0 Å². The molecule has 2 aliphatic rings. The third-order valence-electron chi connectivity index (χ3n) is 6.79. The molecule has 32 heavy (non-hydrogen) atoms. The fourth-order valence-electron chi connectivity index (χ4n) is 5.07. The van der Waals surface area contributed by atoms with Crippen LogP contribution in [-0.4, -0.2) is 53.5 Å². The van der Waals surface area contributed by atoms with Crippen molar-refractivity contribution in [1.29, 1.82) is 0 Å². The summed E-state index contributed by atoms with van der Waals surface area (Å²) in [6.07, 6.45) is 7.34. The molecule has 2 saturated heterocycles. The minimum Gasteiger partial charge on any atom is -0.372 e. The summed E-state index contributed by atoms with van der Waals surface area (Å²) in [5, 5.41) is 1.01. The lowest BCUT2D eigenvalue weighted by molar-refractivity contribution is -0.131. The summed E-state index contributed by atoms with van der Waals surface area (Å²) >= 11 is 0. The molecule has 2 aliphatic heterocycles. The summed E-state index contributed by atoms with van der Waals surface area (Å²) < 4.78 is 0. The number of rotatable bonds is 5. The molecular formula is C26H31N5O. The number of fused-ring (bicyclic) bond motifs is 1. The van der Waals surface area contributed by atoms with Crippen molar-refractivity contribution in [2.75, 3.05) is 36.5 Å². The Kier molecular flexibility index (Phi) is 5.93. The van der Waals surface area contributed by atoms with Crippen molar-refractivity contribution in [3.05, 3.63) is 60.4 Å². The highest BCUT2D eigenvalue weighted by Crippen LogP contribution is 2.30. The van der Waals surface area contributed by atoms with Gasteiger partial charge in [0, 0.05) is 44.3 Å². The Balaban J connectivity index is 1.29. The number of amides is 1. The Morgan fingerprint density at radius 3 is 2.56 bits per heavy atom. The molecule has 166 valence electrons. The van der Waals surface area contributed by atoms with Crippen LogP contribution in [0.1, 0.15) is 37.7 Å². The molecule has 6 heteroatoms. The van der Waals surface area contributed by atoms with Crippen LogP contribution < -0.4 is 9.80 Å². The van der Waals surface area contributed by atoms with E-state index in [2.05, 4.69) is 44.0 Å². The van der Waals surface area contributed by atoms with Gasteiger partial charge in [-0.3, -0.25) is 4.79 Å². The van der Waals surface area contributed by atoms with Crippen LogP contribution in [0.2, 0.25) is 0 Å². The van der Waals surface area contributed by atoms with Gasteiger partial charge in [-0.25, -0.2) is 9.97 Å². The smallest absolute Gasteiger partial charge is 0.245 e. The SMILES string of the molecule is CN(Cc1ccc(N2CCCCC2)cc1)C(=O)[C@H]1CCCN1c1ncnc2ccccc12. The minimum absolute atomic E-state index is 0.158. The normalized spacial score (nSPS) is 18.8. The number of carbonyl (C=O) groups is 1. The van der Waals surface area contributed by atoms with E-state index in [-0.39, 0.29) is 11.9 Å². The monoisotopic (exact) mass is 429 g/mol. The van der Waals surface area contributed by atoms with E-state index in [0.717, 1.165) is 49.2 Å². The predicted octanol–water partition coefficient (Wildman–Crippen LogP) is 4.25. The van der Waals surface area contributed by atoms with Gasteiger partial charge in [0.25, 0.3) is 0 Å². The standard InChI is InChI=1S/C26H31N5O/c1-29(18-20-11-13-21(14-12-20)30-15-5-2-6-16-30)26(32)24-10-7-17-31(24)25-22-8-3-4-9-23(22)27-19-28-25/h3-4,8-9,11-14,19,24H,2,5-7,10,15-18H2,1H3/t24-/m1/s1. The summed E-state index contributed by atoms with van der Waals surface area (Å²) in [6, 6.07) is 16.6. The zero-order valence-electron chi connectivity index (χ0n) is 18.8. The Morgan fingerprint density at radius 2 is 1.75 bits per heavy atom. The average molecular weight is 430 g/mol. The van der Waals surface area contributed by atoms with Gasteiger partial charge in [-0.1, -0.05) is 24.3 Å². The highest BCUT2D eigenvalue weighted by atomic mass is 16.2. The topological polar surface area (TPSA) is 52.6 Å². The van der Waals surface area contributed by atoms with Crippen molar-refractivity contribution in [3.63, 3.8) is 0 Å². The second kappa shape index (κ2) is 9.15. The van der Waals surface area contributed by atoms with Gasteiger partial charge in [0.1, 0.15) is 18.2 Å². The van der Waals surface area contributed by atoms with Crippen LogP contribution in [0, 0.1) is 0 Å². The van der Waals surface area contributed by atoms with Gasteiger partial charge in [-0.05, 0) is 61.9 Å². The van der Waals surface area contributed by atoms with E-state index in [1.54, 1.807) is 6.33 Å². The van der Waals surface area contributed by atoms with E-state index in [1.165, 1.54) is 30.5 Å². The maximum atomic E-state index is 13.4. The van der Waals surface area contributed by atoms with E-state index in [9.17, 15) is 4.79 Å². The molecule has 0 saturated carbocycles. The first-order valence-corrected chi connectivity index (χ1v) is 11.8. The Bertz CT molecular complexity index is 1070. The zero-order chi connectivity index (χ0) is 21.9. The number of aromatic nitrogens is 2. The molecule has 3 heterocycles. The lowest BCUT2D eigenvalue weighted by Gasteiger charge is -2.30. The summed E-state index contributed by atoms with van der Waals surface area (Å²) in [6.45, 7) is 3.75. The average Bonchev–Trinajstić information content (AvgIpc) is 3.34. The molecule has 0 aliphatic carbocycles.